The van der Waals surface area contributed by atoms with Crippen LogP contribution < -0.4 is 5.32 Å². The molecule has 1 aromatic carbocycles. The molecule has 1 unspecified atom stereocenters. The molecule has 1 rings (SSSR count). The fourth-order valence-electron chi connectivity index (χ4n) is 3.81. The number of unbranched alkanes of at least 4 members (excludes halogenated alkanes) is 12. The Morgan fingerprint density at radius 2 is 1.27 bits per heavy atom. The van der Waals surface area contributed by atoms with Crippen LogP contribution in [0.25, 0.3) is 0 Å². The third-order valence-electron chi connectivity index (χ3n) is 5.89. The van der Waals surface area contributed by atoms with Gasteiger partial charge in [0.15, 0.2) is 0 Å². The summed E-state index contributed by atoms with van der Waals surface area (Å²) >= 11 is 0. The van der Waals surface area contributed by atoms with E-state index in [0.717, 1.165) is 31.4 Å². The summed E-state index contributed by atoms with van der Waals surface area (Å²) in [5, 5.41) is 2.42. The summed E-state index contributed by atoms with van der Waals surface area (Å²) < 4.78 is 33.0. The molecule has 0 fully saturated rings. The van der Waals surface area contributed by atoms with Crippen molar-refractivity contribution in [1.82, 2.24) is 5.32 Å². The molecule has 0 bridgehead atoms. The van der Waals surface area contributed by atoms with E-state index in [-0.39, 0.29) is 12.5 Å². The maximum absolute atomic E-state index is 13.8. The first-order chi connectivity index (χ1) is 15.9. The van der Waals surface area contributed by atoms with Crippen molar-refractivity contribution in [2.75, 3.05) is 6.61 Å². The average molecular weight is 468 g/mol. The normalized spacial score (nSPS) is 12.1. The van der Waals surface area contributed by atoms with Crippen LogP contribution in [0.4, 0.5) is 8.78 Å². The average Bonchev–Trinajstić information content (AvgIpc) is 2.77. The molecule has 6 heteroatoms. The van der Waals surface area contributed by atoms with Gasteiger partial charge in [-0.25, -0.2) is 13.6 Å². The van der Waals surface area contributed by atoms with Gasteiger partial charge < -0.3 is 10.1 Å². The molecule has 0 aliphatic rings. The lowest BCUT2D eigenvalue weighted by Crippen LogP contribution is -2.45. The zero-order chi connectivity index (χ0) is 24.5. The fourth-order valence-corrected chi connectivity index (χ4v) is 3.81. The van der Waals surface area contributed by atoms with Gasteiger partial charge in [0.2, 0.25) is 0 Å². The molecule has 4 nitrogen and oxygen atoms in total. The number of amides is 1. The molecule has 1 amide bonds. The van der Waals surface area contributed by atoms with E-state index >= 15 is 0 Å². The molecular weight excluding hydrogens is 424 g/mol. The summed E-state index contributed by atoms with van der Waals surface area (Å²) in [5.41, 5.74) is -0.688. The lowest BCUT2D eigenvalue weighted by molar-refractivity contribution is -0.147. The Kier molecular flexibility index (Phi) is 15.4. The molecule has 0 aromatic heterocycles. The number of carbonyl (C=O) groups is 2. The predicted molar refractivity (Wildman–Crippen MR) is 129 cm³/mol. The van der Waals surface area contributed by atoms with Gasteiger partial charge in [-0.1, -0.05) is 104 Å². The van der Waals surface area contributed by atoms with Crippen LogP contribution in [-0.2, 0) is 9.53 Å². The number of nitrogens with one attached hydrogen (secondary N) is 1. The zero-order valence-electron chi connectivity index (χ0n) is 20.8. The molecule has 188 valence electrons. The second kappa shape index (κ2) is 17.5. The monoisotopic (exact) mass is 467 g/mol. The molecule has 33 heavy (non-hydrogen) atoms. The molecular formula is C27H43F2NO3. The van der Waals surface area contributed by atoms with Crippen molar-refractivity contribution in [2.45, 2.75) is 110 Å². The topological polar surface area (TPSA) is 55.4 Å². The van der Waals surface area contributed by atoms with E-state index in [4.69, 9.17) is 4.74 Å². The van der Waals surface area contributed by atoms with Crippen LogP contribution in [0.15, 0.2) is 18.2 Å². The number of hydrogen-bond acceptors (Lipinski definition) is 3. The molecule has 0 saturated heterocycles. The minimum Gasteiger partial charge on any atom is -0.464 e. The van der Waals surface area contributed by atoms with Crippen LogP contribution in [0.5, 0.6) is 0 Å². The lowest BCUT2D eigenvalue weighted by Gasteiger charge is -2.21. The summed E-state index contributed by atoms with van der Waals surface area (Å²) in [6.07, 6.45) is 16.0. The van der Waals surface area contributed by atoms with Gasteiger partial charge in [0, 0.05) is 0 Å². The summed E-state index contributed by atoms with van der Waals surface area (Å²) in [5.74, 6) is -3.73. The fraction of sp³-hybridized carbons (Fsp3) is 0.704. The molecule has 1 aromatic rings. The Bertz CT molecular complexity index is 674. The number of benzene rings is 1. The Morgan fingerprint density at radius 3 is 1.73 bits per heavy atom. The van der Waals surface area contributed by atoms with Crippen molar-refractivity contribution >= 4 is 11.9 Å². The van der Waals surface area contributed by atoms with Gasteiger partial charge in [-0.3, -0.25) is 4.79 Å². The summed E-state index contributed by atoms with van der Waals surface area (Å²) in [7, 11) is 0. The highest BCUT2D eigenvalue weighted by molar-refractivity contribution is 5.97. The quantitative estimate of drug-likeness (QED) is 0.181. The van der Waals surface area contributed by atoms with Gasteiger partial charge in [0.05, 0.1) is 6.61 Å². The number of rotatable bonds is 18. The van der Waals surface area contributed by atoms with Crippen LogP contribution >= 0.6 is 0 Å². The van der Waals surface area contributed by atoms with Gasteiger partial charge in [-0.2, -0.15) is 0 Å². The van der Waals surface area contributed by atoms with E-state index in [9.17, 15) is 18.4 Å². The second-order valence-electron chi connectivity index (χ2n) is 9.20. The summed E-state index contributed by atoms with van der Waals surface area (Å²) in [6.45, 7) is 6.01. The van der Waals surface area contributed by atoms with Gasteiger partial charge in [0.1, 0.15) is 23.2 Å². The largest absolute Gasteiger partial charge is 0.464 e. The van der Waals surface area contributed by atoms with E-state index < -0.39 is 35.1 Å². The van der Waals surface area contributed by atoms with Crippen molar-refractivity contribution in [1.29, 1.82) is 0 Å². The number of esters is 1. The summed E-state index contributed by atoms with van der Waals surface area (Å²) in [6, 6.07) is 2.24. The van der Waals surface area contributed by atoms with Crippen molar-refractivity contribution in [2.24, 2.45) is 5.92 Å². The Balaban J connectivity index is 2.18. The SMILES string of the molecule is CCCCCCCCCCCCCCCOC(=O)C(NC(=O)c1c(F)cccc1F)C(C)C. The molecule has 0 aliphatic heterocycles. The van der Waals surface area contributed by atoms with Crippen LogP contribution in [0.1, 0.15) is 115 Å². The third-order valence-corrected chi connectivity index (χ3v) is 5.89. The first-order valence-corrected chi connectivity index (χ1v) is 12.8. The van der Waals surface area contributed by atoms with Crippen LogP contribution in [-0.4, -0.2) is 24.5 Å². The highest BCUT2D eigenvalue weighted by Gasteiger charge is 2.28. The molecule has 0 radical (unpaired) electrons. The lowest BCUT2D eigenvalue weighted by atomic mass is 10.0. The van der Waals surface area contributed by atoms with E-state index in [1.165, 1.54) is 70.3 Å². The Labute approximate surface area is 198 Å². The van der Waals surface area contributed by atoms with Gasteiger partial charge in [-0.15, -0.1) is 0 Å². The Hall–Kier alpha value is -1.98. The van der Waals surface area contributed by atoms with E-state index in [1.54, 1.807) is 13.8 Å². The number of ether oxygens (including phenoxy) is 1. The summed E-state index contributed by atoms with van der Waals surface area (Å²) in [4.78, 5) is 24.7. The van der Waals surface area contributed by atoms with Crippen LogP contribution in [0.3, 0.4) is 0 Å². The smallest absolute Gasteiger partial charge is 0.328 e. The highest BCUT2D eigenvalue weighted by atomic mass is 19.1. The minimum absolute atomic E-state index is 0.275. The van der Waals surface area contributed by atoms with Crippen molar-refractivity contribution < 1.29 is 23.1 Å². The number of hydrogen-bond donors (Lipinski definition) is 1. The number of carbonyl (C=O) groups excluding carboxylic acids is 2. The van der Waals surface area contributed by atoms with Gasteiger partial charge in [0.25, 0.3) is 5.91 Å². The molecule has 0 spiro atoms. The van der Waals surface area contributed by atoms with Gasteiger partial charge >= 0.3 is 5.97 Å². The van der Waals surface area contributed by atoms with E-state index in [2.05, 4.69) is 12.2 Å². The van der Waals surface area contributed by atoms with Gasteiger partial charge in [-0.05, 0) is 24.5 Å². The van der Waals surface area contributed by atoms with Crippen LogP contribution in [0, 0.1) is 17.6 Å². The van der Waals surface area contributed by atoms with Crippen LogP contribution in [0.2, 0.25) is 0 Å². The standard InChI is InChI=1S/C27H43F2NO3/c1-4-5-6-7-8-9-10-11-12-13-14-15-16-20-33-27(32)25(21(2)3)30-26(31)24-22(28)18-17-19-23(24)29/h17-19,21,25H,4-16,20H2,1-3H3,(H,30,31). The highest BCUT2D eigenvalue weighted by Crippen LogP contribution is 2.15. The zero-order valence-corrected chi connectivity index (χ0v) is 20.8. The maximum Gasteiger partial charge on any atom is 0.328 e. The molecule has 0 heterocycles. The Morgan fingerprint density at radius 1 is 0.818 bits per heavy atom. The first-order valence-electron chi connectivity index (χ1n) is 12.8. The maximum atomic E-state index is 13.8. The number of halogens is 2. The molecule has 0 saturated carbocycles. The molecule has 1 N–H and O–H groups in total. The molecule has 0 aliphatic carbocycles. The first kappa shape index (κ1) is 29.1. The molecule has 1 atom stereocenters. The predicted octanol–water partition coefficient (Wildman–Crippen LogP) is 7.35. The van der Waals surface area contributed by atoms with Crippen molar-refractivity contribution in [3.63, 3.8) is 0 Å². The minimum atomic E-state index is -0.963. The van der Waals surface area contributed by atoms with E-state index in [0.29, 0.717) is 0 Å². The van der Waals surface area contributed by atoms with Crippen molar-refractivity contribution in [3.05, 3.63) is 35.4 Å². The third kappa shape index (κ3) is 12.2. The second-order valence-corrected chi connectivity index (χ2v) is 9.20. The van der Waals surface area contributed by atoms with Crippen molar-refractivity contribution in [3.8, 4) is 0 Å². The van der Waals surface area contributed by atoms with E-state index in [1.807, 2.05) is 0 Å².